The Bertz CT molecular complexity index is 208. The molecule has 0 rings (SSSR count). The Kier molecular flexibility index (Phi) is 11.0. The summed E-state index contributed by atoms with van der Waals surface area (Å²) in [5.41, 5.74) is -0.263. The highest BCUT2D eigenvalue weighted by molar-refractivity contribution is 6.21. The third-order valence-electron chi connectivity index (χ3n) is 3.34. The second kappa shape index (κ2) is 10.9. The molecule has 0 fully saturated rings. The van der Waals surface area contributed by atoms with Crippen LogP contribution in [-0.4, -0.2) is 24.3 Å². The van der Waals surface area contributed by atoms with Crippen molar-refractivity contribution in [1.82, 2.24) is 0 Å². The van der Waals surface area contributed by atoms with Crippen LogP contribution in [0.4, 0.5) is 0 Å². The van der Waals surface area contributed by atoms with Crippen molar-refractivity contribution in [1.29, 1.82) is 0 Å². The van der Waals surface area contributed by atoms with E-state index in [9.17, 15) is 4.79 Å². The molecule has 0 aliphatic carbocycles. The molecule has 0 aliphatic heterocycles. The summed E-state index contributed by atoms with van der Waals surface area (Å²) in [6.07, 6.45) is 7.01. The maximum atomic E-state index is 11.6. The van der Waals surface area contributed by atoms with Gasteiger partial charge in [-0.05, 0) is 12.8 Å². The third-order valence-corrected chi connectivity index (χ3v) is 4.47. The quantitative estimate of drug-likeness (QED) is 0.312. The van der Waals surface area contributed by atoms with Crippen molar-refractivity contribution in [3.8, 4) is 0 Å². The van der Waals surface area contributed by atoms with E-state index in [4.69, 9.17) is 27.9 Å². The van der Waals surface area contributed by atoms with E-state index in [1.54, 1.807) is 0 Å². The van der Waals surface area contributed by atoms with Crippen molar-refractivity contribution in [2.24, 2.45) is 5.41 Å². The number of hydrogen-bond acceptors (Lipinski definition) is 2. The Labute approximate surface area is 121 Å². The van der Waals surface area contributed by atoms with Crippen LogP contribution in [0.15, 0.2) is 0 Å². The zero-order chi connectivity index (χ0) is 13.9. The second-order valence-corrected chi connectivity index (χ2v) is 5.48. The molecule has 0 aromatic carbocycles. The number of carbonyl (C=O) groups excluding carboxylic acids is 1. The number of carbonyl (C=O) groups is 1. The van der Waals surface area contributed by atoms with E-state index in [0.29, 0.717) is 24.8 Å². The molecule has 0 atom stereocenters. The van der Waals surface area contributed by atoms with E-state index < -0.39 is 0 Å². The Morgan fingerprint density at radius 3 is 2.17 bits per heavy atom. The molecule has 0 N–H and O–H groups in total. The number of unbranched alkanes of at least 4 members (excludes halogenated alkanes) is 4. The summed E-state index contributed by atoms with van der Waals surface area (Å²) >= 11 is 11.8. The van der Waals surface area contributed by atoms with Gasteiger partial charge in [-0.15, -0.1) is 23.2 Å². The van der Waals surface area contributed by atoms with E-state index in [-0.39, 0.29) is 11.4 Å². The van der Waals surface area contributed by atoms with Crippen LogP contribution >= 0.6 is 23.2 Å². The first kappa shape index (κ1) is 18.0. The summed E-state index contributed by atoms with van der Waals surface area (Å²) in [6.45, 7) is 4.53. The lowest BCUT2D eigenvalue weighted by molar-refractivity contribution is -0.146. The largest absolute Gasteiger partial charge is 0.465 e. The minimum Gasteiger partial charge on any atom is -0.465 e. The lowest BCUT2D eigenvalue weighted by Crippen LogP contribution is -2.31. The van der Waals surface area contributed by atoms with Gasteiger partial charge in [0, 0.05) is 23.6 Å². The average Bonchev–Trinajstić information content (AvgIpc) is 2.41. The van der Waals surface area contributed by atoms with Crippen LogP contribution in [0.1, 0.15) is 58.8 Å². The van der Waals surface area contributed by atoms with E-state index >= 15 is 0 Å². The molecule has 2 nitrogen and oxygen atoms in total. The Balaban J connectivity index is 3.74. The number of alkyl halides is 2. The lowest BCUT2D eigenvalue weighted by atomic mass is 9.91. The van der Waals surface area contributed by atoms with Gasteiger partial charge in [-0.25, -0.2) is 0 Å². The topological polar surface area (TPSA) is 26.3 Å². The van der Waals surface area contributed by atoms with Crippen molar-refractivity contribution < 1.29 is 9.53 Å². The molecule has 0 amide bonds. The van der Waals surface area contributed by atoms with E-state index in [0.717, 1.165) is 19.3 Å². The summed E-state index contributed by atoms with van der Waals surface area (Å²) in [4.78, 5) is 11.6. The monoisotopic (exact) mass is 296 g/mol. The highest BCUT2D eigenvalue weighted by Gasteiger charge is 2.28. The van der Waals surface area contributed by atoms with Crippen molar-refractivity contribution >= 4 is 29.2 Å². The molecule has 108 valence electrons. The smallest absolute Gasteiger partial charge is 0.305 e. The average molecular weight is 297 g/mol. The maximum Gasteiger partial charge on any atom is 0.305 e. The van der Waals surface area contributed by atoms with Crippen molar-refractivity contribution in [2.45, 2.75) is 58.8 Å². The summed E-state index contributed by atoms with van der Waals surface area (Å²) in [5.74, 6) is 0.729. The maximum absolute atomic E-state index is 11.6. The minimum atomic E-state index is -0.263. The normalized spacial score (nSPS) is 11.6. The molecule has 0 aliphatic rings. The Morgan fingerprint density at radius 1 is 1.06 bits per heavy atom. The predicted octanol–water partition coefficient (Wildman–Crippen LogP) is 4.76. The zero-order valence-corrected chi connectivity index (χ0v) is 13.2. The molecular formula is C14H26Cl2O2. The van der Waals surface area contributed by atoms with Crippen molar-refractivity contribution in [3.63, 3.8) is 0 Å². The van der Waals surface area contributed by atoms with Gasteiger partial charge in [0.1, 0.15) is 0 Å². The van der Waals surface area contributed by atoms with Gasteiger partial charge in [0.25, 0.3) is 0 Å². The summed E-state index contributed by atoms with van der Waals surface area (Å²) in [6, 6.07) is 0. The van der Waals surface area contributed by atoms with E-state index in [2.05, 4.69) is 6.92 Å². The van der Waals surface area contributed by atoms with Gasteiger partial charge >= 0.3 is 5.97 Å². The van der Waals surface area contributed by atoms with Crippen LogP contribution < -0.4 is 0 Å². The van der Waals surface area contributed by atoms with Crippen molar-refractivity contribution in [2.75, 3.05) is 18.4 Å². The number of rotatable bonds is 11. The van der Waals surface area contributed by atoms with Gasteiger partial charge in [0.2, 0.25) is 0 Å². The second-order valence-electron chi connectivity index (χ2n) is 4.95. The predicted molar refractivity (Wildman–Crippen MR) is 78.5 cm³/mol. The fraction of sp³-hybridized carbons (Fsp3) is 0.929. The molecule has 0 aromatic heterocycles. The van der Waals surface area contributed by atoms with Gasteiger partial charge in [-0.2, -0.15) is 0 Å². The van der Waals surface area contributed by atoms with Gasteiger partial charge in [0.15, 0.2) is 0 Å². The highest BCUT2D eigenvalue weighted by Crippen LogP contribution is 2.26. The first-order valence-electron chi connectivity index (χ1n) is 6.91. The molecule has 0 unspecified atom stereocenters. The van der Waals surface area contributed by atoms with Crippen LogP contribution in [0, 0.1) is 5.41 Å². The van der Waals surface area contributed by atoms with Gasteiger partial charge < -0.3 is 4.74 Å². The fourth-order valence-electron chi connectivity index (χ4n) is 1.58. The van der Waals surface area contributed by atoms with E-state index in [1.165, 1.54) is 19.3 Å². The first-order chi connectivity index (χ1) is 8.64. The minimum absolute atomic E-state index is 0.125. The highest BCUT2D eigenvalue weighted by atomic mass is 35.5. The summed E-state index contributed by atoms with van der Waals surface area (Å²) < 4.78 is 5.28. The standard InChI is InChI=1S/C14H26Cl2O2/c1-3-5-6-7-8-9-13(17)18-12-14(4-2,10-15)11-16/h3-12H2,1-2H3. The summed E-state index contributed by atoms with van der Waals surface area (Å²) in [5, 5.41) is 0. The molecule has 0 spiro atoms. The molecule has 0 radical (unpaired) electrons. The third kappa shape index (κ3) is 7.48. The molecular weight excluding hydrogens is 271 g/mol. The van der Waals surface area contributed by atoms with Crippen LogP contribution in [-0.2, 0) is 9.53 Å². The van der Waals surface area contributed by atoms with Crippen LogP contribution in [0.2, 0.25) is 0 Å². The van der Waals surface area contributed by atoms with Crippen LogP contribution in [0.25, 0.3) is 0 Å². The van der Waals surface area contributed by atoms with Crippen LogP contribution in [0.5, 0.6) is 0 Å². The number of hydrogen-bond donors (Lipinski definition) is 0. The molecule has 18 heavy (non-hydrogen) atoms. The SMILES string of the molecule is CCCCCCCC(=O)OCC(CC)(CCl)CCl. The van der Waals surface area contributed by atoms with Gasteiger partial charge in [-0.1, -0.05) is 39.5 Å². The fourth-order valence-corrected chi connectivity index (χ4v) is 2.40. The Morgan fingerprint density at radius 2 is 1.67 bits per heavy atom. The molecule has 0 heterocycles. The van der Waals surface area contributed by atoms with Crippen LogP contribution in [0.3, 0.4) is 0 Å². The Hall–Kier alpha value is 0.0500. The number of halogens is 2. The molecule has 0 aromatic rings. The van der Waals surface area contributed by atoms with E-state index in [1.807, 2.05) is 6.92 Å². The zero-order valence-electron chi connectivity index (χ0n) is 11.6. The number of ether oxygens (including phenoxy) is 1. The summed E-state index contributed by atoms with van der Waals surface area (Å²) in [7, 11) is 0. The first-order valence-corrected chi connectivity index (χ1v) is 7.98. The number of esters is 1. The molecule has 0 saturated carbocycles. The van der Waals surface area contributed by atoms with Crippen molar-refractivity contribution in [3.05, 3.63) is 0 Å². The van der Waals surface area contributed by atoms with Gasteiger partial charge in [0.05, 0.1) is 6.61 Å². The molecule has 4 heteroatoms. The lowest BCUT2D eigenvalue weighted by Gasteiger charge is -2.27. The van der Waals surface area contributed by atoms with Gasteiger partial charge in [-0.3, -0.25) is 4.79 Å². The molecule has 0 bridgehead atoms. The molecule has 0 saturated heterocycles.